The van der Waals surface area contributed by atoms with E-state index in [-0.39, 0.29) is 5.41 Å². The van der Waals surface area contributed by atoms with Gasteiger partial charge < -0.3 is 4.74 Å². The minimum Gasteiger partial charge on any atom is -0.376 e. The summed E-state index contributed by atoms with van der Waals surface area (Å²) in [6.45, 7) is 4.24. The number of fused-ring (bicyclic) bond motifs is 2. The van der Waals surface area contributed by atoms with E-state index in [4.69, 9.17) is 21.3 Å². The molecular weight excluding hydrogens is 370 g/mol. The van der Waals surface area contributed by atoms with Crippen molar-refractivity contribution in [3.63, 3.8) is 0 Å². The number of rotatable bonds is 3. The van der Waals surface area contributed by atoms with Crippen molar-refractivity contribution in [2.45, 2.75) is 25.0 Å². The van der Waals surface area contributed by atoms with Crippen LogP contribution in [0.3, 0.4) is 0 Å². The number of halogens is 1. The van der Waals surface area contributed by atoms with Gasteiger partial charge in [-0.15, -0.1) is 0 Å². The third kappa shape index (κ3) is 3.32. The van der Waals surface area contributed by atoms with Gasteiger partial charge in [0.2, 0.25) is 0 Å². The molecule has 2 aromatic carbocycles. The van der Waals surface area contributed by atoms with E-state index in [9.17, 15) is 0 Å². The lowest BCUT2D eigenvalue weighted by Crippen LogP contribution is -2.40. The summed E-state index contributed by atoms with van der Waals surface area (Å²) in [5.41, 5.74) is 4.59. The molecule has 1 aromatic heterocycles. The fraction of sp³-hybridized carbons (Fsp3) is 0.304. The van der Waals surface area contributed by atoms with E-state index in [2.05, 4.69) is 34.1 Å². The molecule has 1 spiro atoms. The number of hydrogen-bond donors (Lipinski definition) is 0. The average molecular weight is 392 g/mol. The van der Waals surface area contributed by atoms with Gasteiger partial charge in [-0.2, -0.15) is 0 Å². The Kier molecular flexibility index (Phi) is 4.63. The summed E-state index contributed by atoms with van der Waals surface area (Å²) in [7, 11) is 0. The largest absolute Gasteiger partial charge is 0.376 e. The van der Waals surface area contributed by atoms with Crippen molar-refractivity contribution in [1.82, 2.24) is 14.9 Å². The highest BCUT2D eigenvalue weighted by atomic mass is 35.5. The van der Waals surface area contributed by atoms with E-state index in [1.807, 2.05) is 36.5 Å². The van der Waals surface area contributed by atoms with Crippen molar-refractivity contribution in [2.75, 3.05) is 19.7 Å². The Morgan fingerprint density at radius 1 is 1.07 bits per heavy atom. The number of hydrogen-bond acceptors (Lipinski definition) is 4. The Bertz CT molecular complexity index is 977. The standard InChI is InChI=1S/C23H22ClN3O/c24-20-8-6-17(7-9-20)13-27-11-10-23(15-27)16-28-14-19-12-25-22(26-21(19)23)18-4-2-1-3-5-18/h1-9,12H,10-11,13-16H2/t23-/m0/s1. The Labute approximate surface area is 170 Å². The number of benzene rings is 2. The lowest BCUT2D eigenvalue weighted by atomic mass is 9.80. The van der Waals surface area contributed by atoms with Gasteiger partial charge in [0.1, 0.15) is 0 Å². The highest BCUT2D eigenvalue weighted by Gasteiger charge is 2.44. The molecule has 3 heterocycles. The number of likely N-dealkylation sites (tertiary alicyclic amines) is 1. The summed E-state index contributed by atoms with van der Waals surface area (Å²) < 4.78 is 5.97. The van der Waals surface area contributed by atoms with Crippen molar-refractivity contribution in [3.8, 4) is 11.4 Å². The van der Waals surface area contributed by atoms with Crippen LogP contribution >= 0.6 is 11.6 Å². The lowest BCUT2D eigenvalue weighted by Gasteiger charge is -2.34. The summed E-state index contributed by atoms with van der Waals surface area (Å²) in [5.74, 6) is 0.803. The first-order valence-corrected chi connectivity index (χ1v) is 10.1. The molecule has 2 aliphatic rings. The summed E-state index contributed by atoms with van der Waals surface area (Å²) in [4.78, 5) is 12.1. The van der Waals surface area contributed by atoms with Crippen LogP contribution in [0.2, 0.25) is 5.02 Å². The number of ether oxygens (including phenoxy) is 1. The zero-order valence-corrected chi connectivity index (χ0v) is 16.4. The first-order chi connectivity index (χ1) is 13.7. The molecule has 142 valence electrons. The van der Waals surface area contributed by atoms with E-state index in [0.29, 0.717) is 6.61 Å². The predicted octanol–water partition coefficient (Wildman–Crippen LogP) is 4.47. The van der Waals surface area contributed by atoms with Gasteiger partial charge in [-0.3, -0.25) is 4.90 Å². The smallest absolute Gasteiger partial charge is 0.159 e. The third-order valence-electron chi connectivity index (χ3n) is 5.79. The van der Waals surface area contributed by atoms with Gasteiger partial charge >= 0.3 is 0 Å². The Balaban J connectivity index is 1.43. The molecule has 4 nitrogen and oxygen atoms in total. The Hall–Kier alpha value is -2.27. The molecule has 1 atom stereocenters. The van der Waals surface area contributed by atoms with Gasteiger partial charge in [0.05, 0.1) is 24.3 Å². The lowest BCUT2D eigenvalue weighted by molar-refractivity contribution is 0.0503. The van der Waals surface area contributed by atoms with Crippen molar-refractivity contribution >= 4 is 11.6 Å². The molecule has 0 N–H and O–H groups in total. The van der Waals surface area contributed by atoms with Crippen LogP contribution in [0.4, 0.5) is 0 Å². The Morgan fingerprint density at radius 3 is 2.71 bits per heavy atom. The molecule has 1 saturated heterocycles. The molecule has 2 aliphatic heterocycles. The van der Waals surface area contributed by atoms with E-state index in [0.717, 1.165) is 54.6 Å². The number of nitrogens with zero attached hydrogens (tertiary/aromatic N) is 3. The average Bonchev–Trinajstić information content (AvgIpc) is 3.13. The quantitative estimate of drug-likeness (QED) is 0.660. The minimum atomic E-state index is -0.0491. The Morgan fingerprint density at radius 2 is 1.89 bits per heavy atom. The van der Waals surface area contributed by atoms with Crippen LogP contribution < -0.4 is 0 Å². The van der Waals surface area contributed by atoms with Gasteiger partial charge in [0.25, 0.3) is 0 Å². The van der Waals surface area contributed by atoms with Gasteiger partial charge in [-0.1, -0.05) is 54.1 Å². The molecule has 0 amide bonds. The second kappa shape index (κ2) is 7.28. The number of aromatic nitrogens is 2. The molecule has 0 aliphatic carbocycles. The molecule has 0 unspecified atom stereocenters. The first-order valence-electron chi connectivity index (χ1n) is 9.68. The maximum absolute atomic E-state index is 6.02. The van der Waals surface area contributed by atoms with Crippen LogP contribution in [-0.4, -0.2) is 34.6 Å². The maximum Gasteiger partial charge on any atom is 0.159 e. The van der Waals surface area contributed by atoms with E-state index >= 15 is 0 Å². The van der Waals surface area contributed by atoms with Crippen LogP contribution in [0.15, 0.2) is 60.8 Å². The second-order valence-electron chi connectivity index (χ2n) is 7.79. The first kappa shape index (κ1) is 17.8. The van der Waals surface area contributed by atoms with E-state index in [1.165, 1.54) is 11.3 Å². The molecule has 0 radical (unpaired) electrons. The fourth-order valence-electron chi connectivity index (χ4n) is 4.37. The molecular formula is C23H22ClN3O. The third-order valence-corrected chi connectivity index (χ3v) is 6.04. The highest BCUT2D eigenvalue weighted by molar-refractivity contribution is 6.30. The van der Waals surface area contributed by atoms with Crippen molar-refractivity contribution in [2.24, 2.45) is 0 Å². The summed E-state index contributed by atoms with van der Waals surface area (Å²) in [6.07, 6.45) is 3.01. The van der Waals surface area contributed by atoms with Crippen LogP contribution in [0.5, 0.6) is 0 Å². The SMILES string of the molecule is Clc1ccc(CN2CC[C@@]3(COCc4cnc(-c5ccccc5)nc43)C2)cc1. The molecule has 5 rings (SSSR count). The molecule has 0 bridgehead atoms. The van der Waals surface area contributed by atoms with Gasteiger partial charge in [-0.25, -0.2) is 9.97 Å². The minimum absolute atomic E-state index is 0.0491. The van der Waals surface area contributed by atoms with Gasteiger partial charge in [-0.05, 0) is 30.7 Å². The summed E-state index contributed by atoms with van der Waals surface area (Å²) in [6, 6.07) is 18.3. The van der Waals surface area contributed by atoms with E-state index < -0.39 is 0 Å². The van der Waals surface area contributed by atoms with E-state index in [1.54, 1.807) is 0 Å². The van der Waals surface area contributed by atoms with Crippen LogP contribution in [0.25, 0.3) is 11.4 Å². The second-order valence-corrected chi connectivity index (χ2v) is 8.23. The summed E-state index contributed by atoms with van der Waals surface area (Å²) in [5, 5.41) is 0.779. The molecule has 5 heteroatoms. The topological polar surface area (TPSA) is 38.2 Å². The van der Waals surface area contributed by atoms with Crippen LogP contribution in [-0.2, 0) is 23.3 Å². The monoisotopic (exact) mass is 391 g/mol. The maximum atomic E-state index is 6.02. The van der Waals surface area contributed by atoms with Gasteiger partial charge in [0, 0.05) is 35.4 Å². The highest BCUT2D eigenvalue weighted by Crippen LogP contribution is 2.40. The van der Waals surface area contributed by atoms with Crippen molar-refractivity contribution in [3.05, 3.63) is 82.6 Å². The predicted molar refractivity (Wildman–Crippen MR) is 110 cm³/mol. The summed E-state index contributed by atoms with van der Waals surface area (Å²) >= 11 is 6.02. The zero-order chi connectivity index (χ0) is 19.0. The van der Waals surface area contributed by atoms with Crippen LogP contribution in [0.1, 0.15) is 23.2 Å². The fourth-order valence-corrected chi connectivity index (χ4v) is 4.50. The van der Waals surface area contributed by atoms with Gasteiger partial charge in [0.15, 0.2) is 5.82 Å². The molecule has 1 fully saturated rings. The normalized spacial score (nSPS) is 21.8. The molecule has 3 aromatic rings. The molecule has 0 saturated carbocycles. The van der Waals surface area contributed by atoms with Crippen molar-refractivity contribution < 1.29 is 4.74 Å². The van der Waals surface area contributed by atoms with Crippen LogP contribution in [0, 0.1) is 0 Å². The zero-order valence-electron chi connectivity index (χ0n) is 15.6. The molecule has 28 heavy (non-hydrogen) atoms. The van der Waals surface area contributed by atoms with Crippen molar-refractivity contribution in [1.29, 1.82) is 0 Å².